The number of aromatic nitrogens is 1. The third-order valence-electron chi connectivity index (χ3n) is 12.0. The van der Waals surface area contributed by atoms with E-state index in [4.69, 9.17) is 4.74 Å². The van der Waals surface area contributed by atoms with Crippen LogP contribution in [0.15, 0.2) is 18.3 Å². The van der Waals surface area contributed by atoms with Crippen LogP contribution in [0.2, 0.25) is 0 Å². The first kappa shape index (κ1) is 28.2. The maximum absolute atomic E-state index is 16.0. The van der Waals surface area contributed by atoms with E-state index < -0.39 is 36.1 Å². The molecular weight excluding hydrogens is 488 g/mol. The molecule has 5 rings (SSSR count). The van der Waals surface area contributed by atoms with Crippen molar-refractivity contribution in [2.24, 2.45) is 46.3 Å². The Labute approximate surface area is 226 Å². The molecule has 11 atom stereocenters. The Hall–Kier alpha value is -1.31. The Morgan fingerprint density at radius 2 is 1.74 bits per heavy atom. The van der Waals surface area contributed by atoms with Gasteiger partial charge < -0.3 is 20.1 Å². The zero-order chi connectivity index (χ0) is 27.5. The van der Waals surface area contributed by atoms with Crippen LogP contribution in [-0.2, 0) is 0 Å². The zero-order valence-corrected chi connectivity index (χ0v) is 23.5. The van der Waals surface area contributed by atoms with E-state index >= 15 is 8.78 Å². The lowest BCUT2D eigenvalue weighted by Crippen LogP contribution is -2.64. The average molecular weight is 536 g/mol. The highest BCUT2D eigenvalue weighted by Gasteiger charge is 2.69. The highest BCUT2D eigenvalue weighted by atomic mass is 19.3. The van der Waals surface area contributed by atoms with Crippen LogP contribution < -0.4 is 4.74 Å². The quantitative estimate of drug-likeness (QED) is 0.389. The van der Waals surface area contributed by atoms with Gasteiger partial charge in [-0.1, -0.05) is 33.6 Å². The van der Waals surface area contributed by atoms with E-state index in [1.54, 1.807) is 19.4 Å². The molecule has 4 aliphatic carbocycles. The molecule has 0 aliphatic heterocycles. The van der Waals surface area contributed by atoms with Gasteiger partial charge in [-0.05, 0) is 97.5 Å². The fourth-order valence-electron chi connectivity index (χ4n) is 9.98. The maximum Gasteiger partial charge on any atom is 0.251 e. The van der Waals surface area contributed by atoms with Gasteiger partial charge in [0.15, 0.2) is 0 Å². The Morgan fingerprint density at radius 1 is 1.03 bits per heavy atom. The number of nitrogens with zero attached hydrogens (tertiary/aromatic N) is 1. The molecule has 0 saturated heterocycles. The van der Waals surface area contributed by atoms with Crippen molar-refractivity contribution >= 4 is 0 Å². The largest absolute Gasteiger partial charge is 0.481 e. The summed E-state index contributed by atoms with van der Waals surface area (Å²) in [6, 6.07) is 3.65. The van der Waals surface area contributed by atoms with Crippen LogP contribution >= 0.6 is 0 Å². The first-order chi connectivity index (χ1) is 17.9. The molecule has 38 heavy (non-hydrogen) atoms. The second kappa shape index (κ2) is 10.3. The molecule has 1 aromatic rings. The molecular formula is C31H47F2NO4. The van der Waals surface area contributed by atoms with Crippen LogP contribution in [0.4, 0.5) is 8.78 Å². The summed E-state index contributed by atoms with van der Waals surface area (Å²) in [6.45, 7) is 6.68. The van der Waals surface area contributed by atoms with Gasteiger partial charge in [-0.2, -0.15) is 0 Å². The minimum absolute atomic E-state index is 0.00397. The van der Waals surface area contributed by atoms with Crippen molar-refractivity contribution in [3.05, 3.63) is 23.9 Å². The molecule has 0 radical (unpaired) electrons. The highest BCUT2D eigenvalue weighted by Crippen LogP contribution is 2.71. The van der Waals surface area contributed by atoms with Gasteiger partial charge in [0, 0.05) is 24.1 Å². The number of hydrogen-bond donors (Lipinski definition) is 3. The highest BCUT2D eigenvalue weighted by molar-refractivity contribution is 5.27. The first-order valence-electron chi connectivity index (χ1n) is 14.8. The predicted octanol–water partition coefficient (Wildman–Crippen LogP) is 6.17. The minimum atomic E-state index is -2.82. The van der Waals surface area contributed by atoms with Crippen molar-refractivity contribution in [1.82, 2.24) is 4.98 Å². The summed E-state index contributed by atoms with van der Waals surface area (Å²) < 4.78 is 37.3. The molecule has 0 aromatic carbocycles. The molecule has 4 aliphatic rings. The van der Waals surface area contributed by atoms with Gasteiger partial charge in [-0.3, -0.25) is 0 Å². The van der Waals surface area contributed by atoms with E-state index in [1.165, 1.54) is 0 Å². The smallest absolute Gasteiger partial charge is 0.251 e. The van der Waals surface area contributed by atoms with Crippen LogP contribution in [-0.4, -0.2) is 45.5 Å². The Balaban J connectivity index is 1.27. The summed E-state index contributed by atoms with van der Waals surface area (Å²) in [7, 11) is 1.56. The number of ether oxygens (including phenoxy) is 1. The van der Waals surface area contributed by atoms with Crippen molar-refractivity contribution in [3.8, 4) is 5.88 Å². The molecule has 7 heteroatoms. The van der Waals surface area contributed by atoms with Crippen LogP contribution in [0, 0.1) is 46.3 Å². The summed E-state index contributed by atoms with van der Waals surface area (Å²) in [5.41, 5.74) is 0.269. The van der Waals surface area contributed by atoms with E-state index in [1.807, 2.05) is 6.07 Å². The van der Waals surface area contributed by atoms with Crippen molar-refractivity contribution < 1.29 is 28.8 Å². The van der Waals surface area contributed by atoms with Crippen molar-refractivity contribution in [3.63, 3.8) is 0 Å². The number of pyridine rings is 1. The van der Waals surface area contributed by atoms with Crippen LogP contribution in [0.5, 0.6) is 5.88 Å². The second-order valence-corrected chi connectivity index (χ2v) is 13.7. The number of aliphatic hydroxyl groups is 3. The number of fused-ring (bicyclic) bond motifs is 5. The van der Waals surface area contributed by atoms with Gasteiger partial charge in [0.05, 0.1) is 25.4 Å². The Morgan fingerprint density at radius 3 is 2.47 bits per heavy atom. The topological polar surface area (TPSA) is 82.8 Å². The number of hydrogen-bond acceptors (Lipinski definition) is 5. The molecule has 5 nitrogen and oxygen atoms in total. The molecule has 0 bridgehead atoms. The summed E-state index contributed by atoms with van der Waals surface area (Å²) in [5, 5.41) is 31.7. The summed E-state index contributed by atoms with van der Waals surface area (Å²) in [5.74, 6) is -2.83. The van der Waals surface area contributed by atoms with E-state index in [9.17, 15) is 15.3 Å². The number of aliphatic hydroxyl groups excluding tert-OH is 3. The van der Waals surface area contributed by atoms with E-state index in [-0.39, 0.29) is 29.1 Å². The monoisotopic (exact) mass is 535 g/mol. The van der Waals surface area contributed by atoms with E-state index in [0.29, 0.717) is 36.1 Å². The molecule has 214 valence electrons. The second-order valence-electron chi connectivity index (χ2n) is 13.7. The number of methoxy groups -OCH3 is 1. The molecule has 1 aromatic heterocycles. The number of rotatable bonds is 7. The third kappa shape index (κ3) is 4.49. The predicted molar refractivity (Wildman–Crippen MR) is 142 cm³/mol. The number of halogens is 2. The average Bonchev–Trinajstić information content (AvgIpc) is 3.24. The summed E-state index contributed by atoms with van der Waals surface area (Å²) in [4.78, 5) is 4.19. The Bertz CT molecular complexity index is 992. The van der Waals surface area contributed by atoms with Gasteiger partial charge in [-0.25, -0.2) is 13.8 Å². The van der Waals surface area contributed by atoms with Crippen LogP contribution in [0.1, 0.15) is 96.6 Å². The van der Waals surface area contributed by atoms with Gasteiger partial charge in [0.25, 0.3) is 5.92 Å². The lowest BCUT2D eigenvalue weighted by molar-refractivity contribution is -0.258. The van der Waals surface area contributed by atoms with Gasteiger partial charge in [-0.15, -0.1) is 0 Å². The van der Waals surface area contributed by atoms with Gasteiger partial charge in [0.1, 0.15) is 0 Å². The first-order valence-corrected chi connectivity index (χ1v) is 14.8. The molecule has 0 spiro atoms. The molecule has 1 heterocycles. The Kier molecular flexibility index (Phi) is 7.62. The van der Waals surface area contributed by atoms with Gasteiger partial charge in [0.2, 0.25) is 5.88 Å². The van der Waals surface area contributed by atoms with Crippen molar-refractivity contribution in [2.45, 2.75) is 109 Å². The molecule has 0 amide bonds. The minimum Gasteiger partial charge on any atom is -0.481 e. The summed E-state index contributed by atoms with van der Waals surface area (Å²) >= 11 is 0. The van der Waals surface area contributed by atoms with Crippen LogP contribution in [0.25, 0.3) is 0 Å². The lowest BCUT2D eigenvalue weighted by Gasteiger charge is -2.63. The standard InChI is InChI=1S/C31H47F2NO4/c1-18(7-5-9-24(35)19-8-6-16-34-28(19)38-4)20-10-11-21-26-22(12-14-29(20,21)2)30(3)15-13-25(36)27(37)23(30)17-31(26,32)33/h6,8,16,18,20-27,35-37H,5,7,9-15,17H2,1-4H3/t18-,20-,21+,22+,23+,24?,25+,26+,27-,29-,30-/m1/s1. The zero-order valence-electron chi connectivity index (χ0n) is 23.5. The van der Waals surface area contributed by atoms with Gasteiger partial charge >= 0.3 is 0 Å². The third-order valence-corrected chi connectivity index (χ3v) is 12.0. The SMILES string of the molecule is COc1ncccc1C(O)CCC[C@@H](C)[C@H]1CC[C@H]2[C@H]3[C@H](CC[C@]12C)[C@@]1(C)CC[C@H](O)[C@H](O)[C@@H]1CC3(F)F. The molecule has 4 fully saturated rings. The van der Waals surface area contributed by atoms with Crippen molar-refractivity contribution in [1.29, 1.82) is 0 Å². The maximum atomic E-state index is 16.0. The molecule has 3 N–H and O–H groups in total. The van der Waals surface area contributed by atoms with E-state index in [0.717, 1.165) is 44.9 Å². The normalized spacial score (nSPS) is 43.4. The number of alkyl halides is 2. The fourth-order valence-corrected chi connectivity index (χ4v) is 9.98. The fraction of sp³-hybridized carbons (Fsp3) is 0.839. The van der Waals surface area contributed by atoms with Crippen molar-refractivity contribution in [2.75, 3.05) is 7.11 Å². The van der Waals surface area contributed by atoms with E-state index in [2.05, 4.69) is 25.8 Å². The lowest BCUT2D eigenvalue weighted by atomic mass is 9.43. The van der Waals surface area contributed by atoms with Crippen LogP contribution in [0.3, 0.4) is 0 Å². The molecule has 1 unspecified atom stereocenters. The summed E-state index contributed by atoms with van der Waals surface area (Å²) in [6.07, 6.45) is 6.03. The molecule has 4 saturated carbocycles.